The first-order valence-electron chi connectivity index (χ1n) is 5.78. The molecule has 1 aliphatic rings. The Bertz CT molecular complexity index is 520. The number of carboxylic acids is 1. The van der Waals surface area contributed by atoms with Crippen molar-refractivity contribution in [3.63, 3.8) is 0 Å². The lowest BCUT2D eigenvalue weighted by atomic mass is 9.99. The van der Waals surface area contributed by atoms with E-state index in [9.17, 15) is 9.59 Å². The van der Waals surface area contributed by atoms with Gasteiger partial charge in [0, 0.05) is 12.2 Å². The highest BCUT2D eigenvalue weighted by Gasteiger charge is 2.18. The summed E-state index contributed by atoms with van der Waals surface area (Å²) in [7, 11) is 0. The number of ketones is 1. The molecule has 1 heterocycles. The van der Waals surface area contributed by atoms with Crippen molar-refractivity contribution in [3.8, 4) is 0 Å². The molecule has 0 bridgehead atoms. The molecule has 1 unspecified atom stereocenters. The molecular formula is C14H14O3S. The molecule has 0 aliphatic carbocycles. The van der Waals surface area contributed by atoms with E-state index in [1.807, 2.05) is 24.3 Å². The van der Waals surface area contributed by atoms with Crippen LogP contribution >= 0.6 is 11.8 Å². The molecule has 1 N–H and O–H groups in total. The number of rotatable bonds is 3. The molecule has 1 fully saturated rings. The van der Waals surface area contributed by atoms with Crippen LogP contribution in [0.5, 0.6) is 0 Å². The summed E-state index contributed by atoms with van der Waals surface area (Å²) in [4.78, 5) is 23.2. The van der Waals surface area contributed by atoms with Crippen LogP contribution < -0.4 is 0 Å². The van der Waals surface area contributed by atoms with Crippen LogP contribution in [-0.2, 0) is 9.59 Å². The summed E-state index contributed by atoms with van der Waals surface area (Å²) in [5, 5.41) is 8.98. The predicted octanol–water partition coefficient (Wildman–Crippen LogP) is 2.92. The molecule has 0 radical (unpaired) electrons. The van der Waals surface area contributed by atoms with Crippen LogP contribution in [0.1, 0.15) is 30.4 Å². The number of carboxylic acid groups (broad SMARTS) is 1. The Hall–Kier alpha value is -1.55. The van der Waals surface area contributed by atoms with Crippen molar-refractivity contribution in [2.75, 3.05) is 5.75 Å². The van der Waals surface area contributed by atoms with Crippen LogP contribution in [0.15, 0.2) is 29.2 Å². The number of hydrogen-bond acceptors (Lipinski definition) is 3. The number of hydrogen-bond donors (Lipinski definition) is 1. The number of aliphatic carboxylic acids is 1. The lowest BCUT2D eigenvalue weighted by Crippen LogP contribution is -2.07. The van der Waals surface area contributed by atoms with Gasteiger partial charge in [0.25, 0.3) is 0 Å². The lowest BCUT2D eigenvalue weighted by molar-refractivity contribution is -0.138. The molecule has 1 aromatic rings. The van der Waals surface area contributed by atoms with Gasteiger partial charge >= 0.3 is 5.97 Å². The molecule has 3 nitrogen and oxygen atoms in total. The summed E-state index contributed by atoms with van der Waals surface area (Å²) >= 11 is 1.56. The normalized spacial score (nSPS) is 19.2. The van der Waals surface area contributed by atoms with Crippen LogP contribution in [-0.4, -0.2) is 22.6 Å². The van der Waals surface area contributed by atoms with Crippen LogP contribution in [0.2, 0.25) is 0 Å². The van der Waals surface area contributed by atoms with E-state index in [-0.39, 0.29) is 5.78 Å². The Morgan fingerprint density at radius 2 is 2.28 bits per heavy atom. The van der Waals surface area contributed by atoms with E-state index in [1.165, 1.54) is 0 Å². The fraction of sp³-hybridized carbons (Fsp3) is 0.286. The van der Waals surface area contributed by atoms with Gasteiger partial charge in [-0.25, -0.2) is 0 Å². The highest BCUT2D eigenvalue weighted by molar-refractivity contribution is 8.04. The van der Waals surface area contributed by atoms with Crippen molar-refractivity contribution in [2.45, 2.75) is 19.3 Å². The fourth-order valence-corrected chi connectivity index (χ4v) is 2.78. The number of benzene rings is 1. The summed E-state index contributed by atoms with van der Waals surface area (Å²) in [6.45, 7) is 1.66. The zero-order valence-electron chi connectivity index (χ0n) is 10.1. The fourth-order valence-electron chi connectivity index (χ4n) is 1.79. The summed E-state index contributed by atoms with van der Waals surface area (Å²) in [5.74, 6) is -0.353. The summed E-state index contributed by atoms with van der Waals surface area (Å²) in [6, 6.07) is 7.34. The summed E-state index contributed by atoms with van der Waals surface area (Å²) in [5.41, 5.74) is 1.64. The van der Waals surface area contributed by atoms with Gasteiger partial charge in [0.1, 0.15) is 0 Å². The topological polar surface area (TPSA) is 54.4 Å². The zero-order chi connectivity index (χ0) is 13.1. The van der Waals surface area contributed by atoms with E-state index < -0.39 is 11.9 Å². The molecule has 18 heavy (non-hydrogen) atoms. The lowest BCUT2D eigenvalue weighted by Gasteiger charge is -2.07. The van der Waals surface area contributed by atoms with Crippen molar-refractivity contribution >= 4 is 29.6 Å². The second kappa shape index (κ2) is 5.40. The van der Waals surface area contributed by atoms with Gasteiger partial charge in [-0.3, -0.25) is 9.59 Å². The summed E-state index contributed by atoms with van der Waals surface area (Å²) < 4.78 is 0. The van der Waals surface area contributed by atoms with Crippen molar-refractivity contribution in [1.29, 1.82) is 0 Å². The Labute approximate surface area is 110 Å². The molecule has 1 atom stereocenters. The maximum Gasteiger partial charge on any atom is 0.310 e. The van der Waals surface area contributed by atoms with Crippen LogP contribution in [0.3, 0.4) is 0 Å². The second-order valence-electron chi connectivity index (χ2n) is 4.26. The number of Topliss-reactive ketones (excluding diaryl/α,β-unsaturated/α-hetero) is 1. The maximum absolute atomic E-state index is 11.5. The van der Waals surface area contributed by atoms with Crippen molar-refractivity contribution in [3.05, 3.63) is 40.3 Å². The molecule has 94 valence electrons. The second-order valence-corrected chi connectivity index (χ2v) is 5.40. The van der Waals surface area contributed by atoms with E-state index >= 15 is 0 Å². The Balaban J connectivity index is 2.27. The number of carbonyl (C=O) groups is 2. The minimum Gasteiger partial charge on any atom is -0.481 e. The van der Waals surface area contributed by atoms with Crippen molar-refractivity contribution in [2.24, 2.45) is 0 Å². The third-order valence-corrected chi connectivity index (χ3v) is 4.01. The minimum atomic E-state index is -0.842. The van der Waals surface area contributed by atoms with Crippen molar-refractivity contribution in [1.82, 2.24) is 0 Å². The molecule has 0 spiro atoms. The largest absolute Gasteiger partial charge is 0.481 e. The van der Waals surface area contributed by atoms with E-state index in [0.717, 1.165) is 21.8 Å². The highest BCUT2D eigenvalue weighted by atomic mass is 32.2. The Kier molecular flexibility index (Phi) is 3.87. The molecule has 1 aromatic carbocycles. The smallest absolute Gasteiger partial charge is 0.310 e. The predicted molar refractivity (Wildman–Crippen MR) is 72.6 cm³/mol. The molecule has 1 aliphatic heterocycles. The average Bonchev–Trinajstić information content (AvgIpc) is 2.74. The van der Waals surface area contributed by atoms with Gasteiger partial charge in [-0.15, -0.1) is 11.8 Å². The Morgan fingerprint density at radius 3 is 2.89 bits per heavy atom. The van der Waals surface area contributed by atoms with Crippen LogP contribution in [0, 0.1) is 0 Å². The van der Waals surface area contributed by atoms with E-state index in [0.29, 0.717) is 6.42 Å². The van der Waals surface area contributed by atoms with Gasteiger partial charge in [-0.05, 0) is 24.1 Å². The average molecular weight is 262 g/mol. The molecular weight excluding hydrogens is 248 g/mol. The molecule has 4 heteroatoms. The maximum atomic E-state index is 11.5. The van der Waals surface area contributed by atoms with Crippen LogP contribution in [0.25, 0.3) is 6.08 Å². The highest BCUT2D eigenvalue weighted by Crippen LogP contribution is 2.29. The quantitative estimate of drug-likeness (QED) is 0.851. The van der Waals surface area contributed by atoms with E-state index in [1.54, 1.807) is 24.8 Å². The van der Waals surface area contributed by atoms with Crippen LogP contribution in [0.4, 0.5) is 0 Å². The van der Waals surface area contributed by atoms with Gasteiger partial charge in [-0.2, -0.15) is 0 Å². The van der Waals surface area contributed by atoms with Gasteiger partial charge in [0.15, 0.2) is 5.78 Å². The number of thioether (sulfide) groups is 1. The number of allylic oxidation sites excluding steroid dienone is 1. The molecule has 0 amide bonds. The first-order chi connectivity index (χ1) is 8.58. The van der Waals surface area contributed by atoms with E-state index in [2.05, 4.69) is 0 Å². The van der Waals surface area contributed by atoms with Gasteiger partial charge < -0.3 is 5.11 Å². The molecule has 0 saturated carbocycles. The van der Waals surface area contributed by atoms with Crippen molar-refractivity contribution < 1.29 is 14.7 Å². The third kappa shape index (κ3) is 2.82. The first kappa shape index (κ1) is 12.9. The monoisotopic (exact) mass is 262 g/mol. The van der Waals surface area contributed by atoms with E-state index in [4.69, 9.17) is 5.11 Å². The third-order valence-electron chi connectivity index (χ3n) is 2.94. The van der Waals surface area contributed by atoms with Gasteiger partial charge in [-0.1, -0.05) is 24.3 Å². The standard InChI is InChI=1S/C14H14O3S/c1-9(14(16)17)11-4-2-3-10(7-11)8-13-12(15)5-6-18-13/h2-4,7-9H,5-6H2,1H3,(H,16,17). The zero-order valence-corrected chi connectivity index (χ0v) is 10.9. The Morgan fingerprint density at radius 1 is 1.50 bits per heavy atom. The SMILES string of the molecule is CC(C(=O)O)c1cccc(C=C2SCCC2=O)c1. The summed E-state index contributed by atoms with van der Waals surface area (Å²) in [6.07, 6.45) is 2.44. The molecule has 2 rings (SSSR count). The van der Waals surface area contributed by atoms with Gasteiger partial charge in [0.2, 0.25) is 0 Å². The minimum absolute atomic E-state index is 0.177. The molecule has 1 saturated heterocycles. The first-order valence-corrected chi connectivity index (χ1v) is 6.77. The number of carbonyl (C=O) groups excluding carboxylic acids is 1. The molecule has 0 aromatic heterocycles. The van der Waals surface area contributed by atoms with Gasteiger partial charge in [0.05, 0.1) is 10.8 Å².